The van der Waals surface area contributed by atoms with Crippen molar-refractivity contribution in [3.8, 4) is 11.5 Å². The van der Waals surface area contributed by atoms with Gasteiger partial charge in [0.15, 0.2) is 11.5 Å². The Kier molecular flexibility index (Phi) is 3.44. The van der Waals surface area contributed by atoms with Gasteiger partial charge in [-0.2, -0.15) is 0 Å². The molecule has 2 heterocycles. The number of benzene rings is 1. The van der Waals surface area contributed by atoms with Gasteiger partial charge in [0, 0.05) is 29.5 Å². The van der Waals surface area contributed by atoms with Crippen LogP contribution in [0.15, 0.2) is 23.0 Å². The molecule has 0 atom stereocenters. The third-order valence-electron chi connectivity index (χ3n) is 4.15. The molecule has 0 radical (unpaired) electrons. The van der Waals surface area contributed by atoms with E-state index >= 15 is 0 Å². The average Bonchev–Trinajstić information content (AvgIpc) is 3.35. The second-order valence-electron chi connectivity index (χ2n) is 6.05. The van der Waals surface area contributed by atoms with Crippen LogP contribution in [0.25, 0.3) is 10.9 Å². The summed E-state index contributed by atoms with van der Waals surface area (Å²) in [6.07, 6.45) is 2.89. The van der Waals surface area contributed by atoms with Crippen LogP contribution in [0.4, 0.5) is 0 Å². The molecule has 1 aliphatic carbocycles. The molecule has 0 saturated heterocycles. The summed E-state index contributed by atoms with van der Waals surface area (Å²) >= 11 is 0. The van der Waals surface area contributed by atoms with Crippen LogP contribution in [-0.4, -0.2) is 30.1 Å². The minimum atomic E-state index is -0.159. The lowest BCUT2D eigenvalue weighted by molar-refractivity contribution is -0.121. The van der Waals surface area contributed by atoms with Gasteiger partial charge in [0.25, 0.3) is 5.56 Å². The van der Waals surface area contributed by atoms with Gasteiger partial charge in [0.05, 0.1) is 5.52 Å². The minimum absolute atomic E-state index is 0.00849. The summed E-state index contributed by atoms with van der Waals surface area (Å²) in [5, 5.41) is 3.81. The largest absolute Gasteiger partial charge is 0.486 e. The van der Waals surface area contributed by atoms with Crippen molar-refractivity contribution < 1.29 is 14.3 Å². The molecule has 1 saturated carbocycles. The number of H-pyrrole nitrogens is 1. The van der Waals surface area contributed by atoms with Crippen molar-refractivity contribution in [1.82, 2.24) is 10.3 Å². The SMILES string of the molecule is O=C(CCc1cc2cc3c(cc2[nH]c1=O)OCCO3)NC1CC1. The molecule has 2 N–H and O–H groups in total. The van der Waals surface area contributed by atoms with Crippen molar-refractivity contribution in [2.75, 3.05) is 13.2 Å². The van der Waals surface area contributed by atoms with Gasteiger partial charge in [-0.15, -0.1) is 0 Å². The molecule has 6 heteroatoms. The van der Waals surface area contributed by atoms with E-state index in [1.807, 2.05) is 12.1 Å². The van der Waals surface area contributed by atoms with E-state index in [4.69, 9.17) is 9.47 Å². The van der Waals surface area contributed by atoms with E-state index in [-0.39, 0.29) is 11.5 Å². The standard InChI is InChI=1S/C17H18N2O4/c20-16(18-12-2-3-12)4-1-10-7-11-8-14-15(23-6-5-22-14)9-13(11)19-17(10)21/h7-9,12H,1-6H2,(H,18,20)(H,19,21). The second kappa shape index (κ2) is 5.61. The van der Waals surface area contributed by atoms with Gasteiger partial charge >= 0.3 is 0 Å². The Morgan fingerprint density at radius 1 is 1.17 bits per heavy atom. The number of aryl methyl sites for hydroxylation is 1. The highest BCUT2D eigenvalue weighted by atomic mass is 16.6. The second-order valence-corrected chi connectivity index (χ2v) is 6.05. The number of hydrogen-bond donors (Lipinski definition) is 2. The van der Waals surface area contributed by atoms with Gasteiger partial charge in [-0.05, 0) is 31.4 Å². The number of carbonyl (C=O) groups excluding carboxylic acids is 1. The molecule has 1 aromatic heterocycles. The van der Waals surface area contributed by atoms with Crippen molar-refractivity contribution >= 4 is 16.8 Å². The highest BCUT2D eigenvalue weighted by molar-refractivity contribution is 5.83. The first-order valence-electron chi connectivity index (χ1n) is 7.94. The number of nitrogens with one attached hydrogen (secondary N) is 2. The van der Waals surface area contributed by atoms with E-state index < -0.39 is 0 Å². The third-order valence-corrected chi connectivity index (χ3v) is 4.15. The first kappa shape index (κ1) is 14.1. The van der Waals surface area contributed by atoms with Crippen LogP contribution in [0, 0.1) is 0 Å². The number of aromatic amines is 1. The molecule has 0 unspecified atom stereocenters. The van der Waals surface area contributed by atoms with Crippen LogP contribution >= 0.6 is 0 Å². The smallest absolute Gasteiger partial charge is 0.251 e. The first-order chi connectivity index (χ1) is 11.2. The maximum absolute atomic E-state index is 12.2. The topological polar surface area (TPSA) is 80.4 Å². The predicted octanol–water partition coefficient (Wildman–Crippen LogP) is 1.51. The molecular formula is C17H18N2O4. The molecule has 2 aromatic rings. The van der Waals surface area contributed by atoms with Gasteiger partial charge in [-0.3, -0.25) is 9.59 Å². The zero-order valence-corrected chi connectivity index (χ0v) is 12.7. The molecule has 1 aliphatic heterocycles. The lowest BCUT2D eigenvalue weighted by atomic mass is 10.1. The maximum Gasteiger partial charge on any atom is 0.251 e. The fourth-order valence-electron chi connectivity index (χ4n) is 2.75. The monoisotopic (exact) mass is 314 g/mol. The van der Waals surface area contributed by atoms with Crippen LogP contribution in [0.3, 0.4) is 0 Å². The summed E-state index contributed by atoms with van der Waals surface area (Å²) in [5.41, 5.74) is 1.17. The van der Waals surface area contributed by atoms with Crippen LogP contribution in [-0.2, 0) is 11.2 Å². The summed E-state index contributed by atoms with van der Waals surface area (Å²) in [5.74, 6) is 1.35. The number of fused-ring (bicyclic) bond motifs is 2. The molecule has 1 fully saturated rings. The maximum atomic E-state index is 12.2. The fourth-order valence-corrected chi connectivity index (χ4v) is 2.75. The Bertz CT molecular complexity index is 823. The van der Waals surface area contributed by atoms with Crippen molar-refractivity contribution in [3.63, 3.8) is 0 Å². The fraction of sp³-hybridized carbons (Fsp3) is 0.412. The van der Waals surface area contributed by atoms with Gasteiger partial charge in [0.2, 0.25) is 5.91 Å². The minimum Gasteiger partial charge on any atom is -0.486 e. The van der Waals surface area contributed by atoms with Crippen molar-refractivity contribution in [3.05, 3.63) is 34.1 Å². The van der Waals surface area contributed by atoms with Crippen LogP contribution in [0.1, 0.15) is 24.8 Å². The van der Waals surface area contributed by atoms with E-state index in [2.05, 4.69) is 10.3 Å². The van der Waals surface area contributed by atoms with Crippen LogP contribution in [0.2, 0.25) is 0 Å². The molecule has 0 spiro atoms. The number of amides is 1. The van der Waals surface area contributed by atoms with Gasteiger partial charge in [0.1, 0.15) is 13.2 Å². The summed E-state index contributed by atoms with van der Waals surface area (Å²) in [6, 6.07) is 5.83. The Labute approximate surface area is 132 Å². The normalized spacial score (nSPS) is 16.3. The molecular weight excluding hydrogens is 296 g/mol. The van der Waals surface area contributed by atoms with E-state index in [9.17, 15) is 9.59 Å². The number of carbonyl (C=O) groups is 1. The molecule has 0 bridgehead atoms. The third kappa shape index (κ3) is 3.02. The average molecular weight is 314 g/mol. The summed E-state index contributed by atoms with van der Waals surface area (Å²) < 4.78 is 11.1. The van der Waals surface area contributed by atoms with Gasteiger partial charge < -0.3 is 19.8 Å². The Morgan fingerprint density at radius 3 is 2.65 bits per heavy atom. The molecule has 2 aliphatic rings. The lowest BCUT2D eigenvalue weighted by Gasteiger charge is -2.18. The van der Waals surface area contributed by atoms with Crippen molar-refractivity contribution in [2.24, 2.45) is 0 Å². The molecule has 23 heavy (non-hydrogen) atoms. The quantitative estimate of drug-likeness (QED) is 0.896. The van der Waals surface area contributed by atoms with E-state index in [0.29, 0.717) is 54.7 Å². The van der Waals surface area contributed by atoms with E-state index in [1.54, 1.807) is 6.07 Å². The number of aromatic nitrogens is 1. The number of ether oxygens (including phenoxy) is 2. The highest BCUT2D eigenvalue weighted by Gasteiger charge is 2.23. The molecule has 1 aromatic carbocycles. The number of rotatable bonds is 4. The van der Waals surface area contributed by atoms with E-state index in [0.717, 1.165) is 18.2 Å². The summed E-state index contributed by atoms with van der Waals surface area (Å²) in [7, 11) is 0. The van der Waals surface area contributed by atoms with Crippen LogP contribution in [0.5, 0.6) is 11.5 Å². The highest BCUT2D eigenvalue weighted by Crippen LogP contribution is 2.33. The van der Waals surface area contributed by atoms with Gasteiger partial charge in [-0.1, -0.05) is 0 Å². The molecule has 1 amide bonds. The van der Waals surface area contributed by atoms with Crippen molar-refractivity contribution in [2.45, 2.75) is 31.7 Å². The Morgan fingerprint density at radius 2 is 1.91 bits per heavy atom. The first-order valence-corrected chi connectivity index (χ1v) is 7.94. The number of pyridine rings is 1. The predicted molar refractivity (Wildman–Crippen MR) is 85.0 cm³/mol. The molecule has 4 rings (SSSR count). The van der Waals surface area contributed by atoms with Crippen molar-refractivity contribution in [1.29, 1.82) is 0 Å². The Hall–Kier alpha value is -2.50. The molecule has 120 valence electrons. The molecule has 6 nitrogen and oxygen atoms in total. The Balaban J connectivity index is 1.58. The summed E-state index contributed by atoms with van der Waals surface area (Å²) in [6.45, 7) is 1.03. The summed E-state index contributed by atoms with van der Waals surface area (Å²) in [4.78, 5) is 26.8. The van der Waals surface area contributed by atoms with Gasteiger partial charge in [-0.25, -0.2) is 0 Å². The zero-order valence-electron chi connectivity index (χ0n) is 12.7. The van der Waals surface area contributed by atoms with E-state index in [1.165, 1.54) is 0 Å². The van der Waals surface area contributed by atoms with Crippen LogP contribution < -0.4 is 20.3 Å². The number of hydrogen-bond acceptors (Lipinski definition) is 4. The zero-order chi connectivity index (χ0) is 15.8. The lowest BCUT2D eigenvalue weighted by Crippen LogP contribution is -2.26.